The van der Waals surface area contributed by atoms with E-state index >= 15 is 0 Å². The minimum absolute atomic E-state index is 0.120. The molecular weight excluding hydrogens is 276 g/mol. The Kier molecular flexibility index (Phi) is 3.35. The number of rotatable bonds is 3. The molecule has 3 aromatic carbocycles. The molecule has 0 aromatic heterocycles. The zero-order chi connectivity index (χ0) is 15.7. The van der Waals surface area contributed by atoms with Crippen LogP contribution in [0.3, 0.4) is 0 Å². The zero-order valence-electron chi connectivity index (χ0n) is 11.7. The van der Waals surface area contributed by atoms with E-state index in [4.69, 9.17) is 16.2 Å². The van der Waals surface area contributed by atoms with Gasteiger partial charge in [0, 0.05) is 16.8 Å². The summed E-state index contributed by atoms with van der Waals surface area (Å²) < 4.78 is 0. The third-order valence-electron chi connectivity index (χ3n) is 3.61. The fraction of sp³-hybridized carbons (Fsp3) is 0. The largest absolute Gasteiger partial charge is 0.478 e. The molecule has 0 atom stereocenters. The molecule has 4 N–H and O–H groups in total. The van der Waals surface area contributed by atoms with Gasteiger partial charge in [0.2, 0.25) is 0 Å². The Labute approximate surface area is 127 Å². The van der Waals surface area contributed by atoms with E-state index < -0.39 is 5.97 Å². The first kappa shape index (κ1) is 13.8. The topological polar surface area (TPSA) is 87.2 Å². The number of carboxylic acid groups (broad SMARTS) is 1. The molecule has 0 saturated heterocycles. The van der Waals surface area contributed by atoms with Gasteiger partial charge in [-0.15, -0.1) is 0 Å². The number of carbonyl (C=O) groups is 1. The van der Waals surface area contributed by atoms with E-state index in [1.54, 1.807) is 0 Å². The molecule has 0 unspecified atom stereocenters. The summed E-state index contributed by atoms with van der Waals surface area (Å²) in [6, 6.07) is 18.0. The van der Waals surface area contributed by atoms with Crippen LogP contribution in [-0.4, -0.2) is 16.8 Å². The molecule has 4 nitrogen and oxygen atoms in total. The number of hydrogen-bond donors (Lipinski definition) is 3. The summed E-state index contributed by atoms with van der Waals surface area (Å²) in [7, 11) is 0. The Balaban J connectivity index is 2.09. The van der Waals surface area contributed by atoms with Gasteiger partial charge in [-0.1, -0.05) is 36.4 Å². The number of hydrogen-bond acceptors (Lipinski definition) is 3. The minimum atomic E-state index is -1.03. The molecule has 0 saturated carbocycles. The second kappa shape index (κ2) is 5.33. The van der Waals surface area contributed by atoms with Gasteiger partial charge in [0.1, 0.15) is 0 Å². The average molecular weight is 290 g/mol. The fourth-order valence-corrected chi connectivity index (χ4v) is 2.41. The Morgan fingerprint density at radius 1 is 0.909 bits per heavy atom. The van der Waals surface area contributed by atoms with E-state index in [1.165, 1.54) is 18.2 Å². The van der Waals surface area contributed by atoms with E-state index in [2.05, 4.69) is 0 Å². The van der Waals surface area contributed by atoms with Crippen LogP contribution >= 0.6 is 0 Å². The van der Waals surface area contributed by atoms with Crippen molar-refractivity contribution in [2.75, 3.05) is 5.73 Å². The zero-order valence-corrected chi connectivity index (χ0v) is 11.7. The van der Waals surface area contributed by atoms with Crippen LogP contribution in [0.4, 0.5) is 5.69 Å². The lowest BCUT2D eigenvalue weighted by Gasteiger charge is -2.10. The average Bonchev–Trinajstić information content (AvgIpc) is 2.54. The molecule has 3 rings (SSSR count). The molecule has 0 heterocycles. The second-order valence-electron chi connectivity index (χ2n) is 5.04. The van der Waals surface area contributed by atoms with Crippen molar-refractivity contribution in [1.29, 1.82) is 5.41 Å². The van der Waals surface area contributed by atoms with E-state index in [0.717, 1.165) is 10.8 Å². The molecular formula is C18H14N2O2. The quantitative estimate of drug-likeness (QED) is 0.509. The highest BCUT2D eigenvalue weighted by atomic mass is 16.4. The van der Waals surface area contributed by atoms with Crippen molar-refractivity contribution in [3.63, 3.8) is 0 Å². The highest BCUT2D eigenvalue weighted by molar-refractivity contribution is 6.15. The number of nitrogen functional groups attached to an aromatic ring is 1. The number of anilines is 1. The first-order valence-electron chi connectivity index (χ1n) is 6.77. The smallest absolute Gasteiger partial charge is 0.335 e. The molecule has 22 heavy (non-hydrogen) atoms. The molecule has 0 aliphatic heterocycles. The van der Waals surface area contributed by atoms with Gasteiger partial charge in [0.25, 0.3) is 0 Å². The lowest BCUT2D eigenvalue weighted by atomic mass is 9.97. The minimum Gasteiger partial charge on any atom is -0.478 e. The SMILES string of the molecule is N=C(c1ccc2ccccc2c1)c1cc(C(=O)O)ccc1N. The van der Waals surface area contributed by atoms with Crippen LogP contribution in [0.2, 0.25) is 0 Å². The van der Waals surface area contributed by atoms with E-state index in [9.17, 15) is 4.79 Å². The number of fused-ring (bicyclic) bond motifs is 1. The first-order chi connectivity index (χ1) is 10.6. The monoisotopic (exact) mass is 290 g/mol. The van der Waals surface area contributed by atoms with Gasteiger partial charge in [0.15, 0.2) is 0 Å². The molecule has 0 bridgehead atoms. The van der Waals surface area contributed by atoms with E-state index in [-0.39, 0.29) is 11.3 Å². The summed E-state index contributed by atoms with van der Waals surface area (Å²) in [6.07, 6.45) is 0. The normalized spacial score (nSPS) is 10.5. The maximum atomic E-state index is 11.1. The molecule has 0 spiro atoms. The van der Waals surface area contributed by atoms with Crippen LogP contribution < -0.4 is 5.73 Å². The predicted molar refractivity (Wildman–Crippen MR) is 87.7 cm³/mol. The van der Waals surface area contributed by atoms with E-state index in [1.807, 2.05) is 42.5 Å². The lowest BCUT2D eigenvalue weighted by molar-refractivity contribution is 0.0697. The van der Waals surface area contributed by atoms with Crippen LogP contribution in [0.25, 0.3) is 10.8 Å². The highest BCUT2D eigenvalue weighted by Crippen LogP contribution is 2.22. The maximum absolute atomic E-state index is 11.1. The van der Waals surface area contributed by atoms with Crippen molar-refractivity contribution >= 4 is 28.1 Å². The van der Waals surface area contributed by atoms with Crippen molar-refractivity contribution in [1.82, 2.24) is 0 Å². The van der Waals surface area contributed by atoms with Gasteiger partial charge in [-0.05, 0) is 35.0 Å². The Hall–Kier alpha value is -3.14. The van der Waals surface area contributed by atoms with Gasteiger partial charge in [-0.25, -0.2) is 4.79 Å². The van der Waals surface area contributed by atoms with E-state index in [0.29, 0.717) is 16.8 Å². The van der Waals surface area contributed by atoms with Crippen molar-refractivity contribution in [3.8, 4) is 0 Å². The summed E-state index contributed by atoms with van der Waals surface area (Å²) in [5.41, 5.74) is 7.76. The molecule has 3 aromatic rings. The molecule has 108 valence electrons. The molecule has 0 aliphatic rings. The van der Waals surface area contributed by atoms with Crippen LogP contribution in [0.1, 0.15) is 21.5 Å². The summed E-state index contributed by atoms with van der Waals surface area (Å²) in [5, 5.41) is 19.5. The predicted octanol–water partition coefficient (Wildman–Crippen LogP) is 3.54. The summed E-state index contributed by atoms with van der Waals surface area (Å²) in [5.74, 6) is -1.03. The second-order valence-corrected chi connectivity index (χ2v) is 5.04. The third-order valence-corrected chi connectivity index (χ3v) is 3.61. The molecule has 0 fully saturated rings. The van der Waals surface area contributed by atoms with Crippen molar-refractivity contribution < 1.29 is 9.90 Å². The van der Waals surface area contributed by atoms with Gasteiger partial charge < -0.3 is 10.8 Å². The van der Waals surface area contributed by atoms with Gasteiger partial charge in [0.05, 0.1) is 11.3 Å². The van der Waals surface area contributed by atoms with Crippen LogP contribution in [0.15, 0.2) is 60.7 Å². The van der Waals surface area contributed by atoms with Crippen LogP contribution in [0, 0.1) is 5.41 Å². The molecule has 0 amide bonds. The number of aromatic carboxylic acids is 1. The number of carboxylic acids is 1. The van der Waals surface area contributed by atoms with Crippen LogP contribution in [0.5, 0.6) is 0 Å². The van der Waals surface area contributed by atoms with Crippen molar-refractivity contribution in [2.24, 2.45) is 0 Å². The summed E-state index contributed by atoms with van der Waals surface area (Å²) in [6.45, 7) is 0. The third kappa shape index (κ3) is 2.42. The maximum Gasteiger partial charge on any atom is 0.335 e. The van der Waals surface area contributed by atoms with Gasteiger partial charge in [-0.2, -0.15) is 0 Å². The molecule has 0 aliphatic carbocycles. The number of nitrogens with one attached hydrogen (secondary N) is 1. The number of nitrogens with two attached hydrogens (primary N) is 1. The lowest BCUT2D eigenvalue weighted by Crippen LogP contribution is -2.08. The Morgan fingerprint density at radius 3 is 2.32 bits per heavy atom. The Bertz CT molecular complexity index is 900. The highest BCUT2D eigenvalue weighted by Gasteiger charge is 2.12. The first-order valence-corrected chi connectivity index (χ1v) is 6.77. The molecule has 0 radical (unpaired) electrons. The van der Waals surface area contributed by atoms with Gasteiger partial charge in [-0.3, -0.25) is 5.41 Å². The standard InChI is InChI=1S/C18H14N2O2/c19-16-8-7-14(18(21)22)10-15(16)17(20)13-6-5-11-3-1-2-4-12(11)9-13/h1-10,20H,19H2,(H,21,22). The summed E-state index contributed by atoms with van der Waals surface area (Å²) in [4.78, 5) is 11.1. The summed E-state index contributed by atoms with van der Waals surface area (Å²) >= 11 is 0. The van der Waals surface area contributed by atoms with Crippen LogP contribution in [-0.2, 0) is 0 Å². The fourth-order valence-electron chi connectivity index (χ4n) is 2.41. The number of benzene rings is 3. The Morgan fingerprint density at radius 2 is 1.59 bits per heavy atom. The van der Waals surface area contributed by atoms with Gasteiger partial charge >= 0.3 is 5.97 Å². The molecule has 4 heteroatoms. The van der Waals surface area contributed by atoms with Crippen molar-refractivity contribution in [2.45, 2.75) is 0 Å². The van der Waals surface area contributed by atoms with Crippen molar-refractivity contribution in [3.05, 3.63) is 77.4 Å².